The molecule has 2 aromatic rings. The number of carbonyl (C=O) groups is 3. The maximum atomic E-state index is 13.9. The van der Waals surface area contributed by atoms with Crippen LogP contribution >= 0.6 is 0 Å². The van der Waals surface area contributed by atoms with Crippen molar-refractivity contribution in [1.82, 2.24) is 9.80 Å². The monoisotopic (exact) mass is 506 g/mol. The Kier molecular flexibility index (Phi) is 6.15. The lowest BCUT2D eigenvalue weighted by atomic mass is 10.0. The van der Waals surface area contributed by atoms with E-state index in [1.165, 1.54) is 36.4 Å². The molecule has 0 aromatic heterocycles. The van der Waals surface area contributed by atoms with E-state index in [4.69, 9.17) is 5.41 Å². The number of hydrogen-bond acceptors (Lipinski definition) is 5. The second-order valence-electron chi connectivity index (χ2n) is 8.29. The zero-order valence-electron chi connectivity index (χ0n) is 18.3. The first-order chi connectivity index (χ1) is 16.8. The summed E-state index contributed by atoms with van der Waals surface area (Å²) in [4.78, 5) is 38.9. The molecule has 0 radical (unpaired) electrons. The van der Waals surface area contributed by atoms with Crippen molar-refractivity contribution in [3.05, 3.63) is 82.6 Å². The van der Waals surface area contributed by atoms with E-state index < -0.39 is 66.0 Å². The maximum absolute atomic E-state index is 13.9. The van der Waals surface area contributed by atoms with Crippen LogP contribution in [-0.4, -0.2) is 64.5 Å². The van der Waals surface area contributed by atoms with Gasteiger partial charge in [-0.25, -0.2) is 0 Å². The Morgan fingerprint density at radius 1 is 0.917 bits per heavy atom. The number of rotatable bonds is 7. The van der Waals surface area contributed by atoms with Gasteiger partial charge in [-0.2, -0.15) is 22.0 Å². The summed E-state index contributed by atoms with van der Waals surface area (Å²) < 4.78 is 66.6. The van der Waals surface area contributed by atoms with Gasteiger partial charge in [0.2, 0.25) is 0 Å². The van der Waals surface area contributed by atoms with Gasteiger partial charge in [-0.05, 0) is 24.1 Å². The quantitative estimate of drug-likeness (QED) is 0.459. The molecule has 1 N–H and O–H groups in total. The highest BCUT2D eigenvalue weighted by atomic mass is 19.4. The van der Waals surface area contributed by atoms with Crippen molar-refractivity contribution in [2.24, 2.45) is 0 Å². The topological polar surface area (TPSA) is 105 Å². The molecular weight excluding hydrogens is 489 g/mol. The number of Topliss-reactive ketones (excluding diaryl/α,β-unsaturated/α-hetero) is 1. The number of alkyl halides is 5. The number of amidine groups is 1. The molecule has 7 nitrogen and oxygen atoms in total. The summed E-state index contributed by atoms with van der Waals surface area (Å²) in [6.07, 6.45) is -6.31. The average molecular weight is 506 g/mol. The van der Waals surface area contributed by atoms with Gasteiger partial charge in [0.05, 0.1) is 29.8 Å². The van der Waals surface area contributed by atoms with Gasteiger partial charge in [0.1, 0.15) is 5.84 Å². The summed E-state index contributed by atoms with van der Waals surface area (Å²) in [6.45, 7) is -3.03. The minimum atomic E-state index is -5.96. The van der Waals surface area contributed by atoms with Crippen molar-refractivity contribution in [2.75, 3.05) is 13.1 Å². The van der Waals surface area contributed by atoms with Crippen molar-refractivity contribution < 1.29 is 41.4 Å². The van der Waals surface area contributed by atoms with Gasteiger partial charge in [0, 0.05) is 6.04 Å². The number of nitrogens with zero attached hydrogens (tertiary/aromatic N) is 2. The first-order valence-electron chi connectivity index (χ1n) is 10.6. The van der Waals surface area contributed by atoms with Gasteiger partial charge in [-0.15, -0.1) is 0 Å². The summed E-state index contributed by atoms with van der Waals surface area (Å²) >= 11 is 0. The molecule has 188 valence electrons. The van der Waals surface area contributed by atoms with Gasteiger partial charge in [0.15, 0.2) is 5.78 Å². The zero-order chi connectivity index (χ0) is 26.4. The van der Waals surface area contributed by atoms with E-state index in [0.29, 0.717) is 10.5 Å². The van der Waals surface area contributed by atoms with Crippen LogP contribution in [0.1, 0.15) is 26.3 Å². The second-order valence-corrected chi connectivity index (χ2v) is 8.29. The van der Waals surface area contributed by atoms with E-state index in [9.17, 15) is 41.4 Å². The summed E-state index contributed by atoms with van der Waals surface area (Å²) in [6, 6.07) is 11.8. The first kappa shape index (κ1) is 25.0. The van der Waals surface area contributed by atoms with Gasteiger partial charge in [0.25, 0.3) is 11.8 Å². The molecule has 0 saturated carbocycles. The van der Waals surface area contributed by atoms with E-state index in [1.54, 1.807) is 18.2 Å². The Morgan fingerprint density at radius 3 is 1.97 bits per heavy atom. The fraction of sp³-hybridized carbons (Fsp3) is 0.250. The zero-order valence-corrected chi connectivity index (χ0v) is 18.3. The predicted octanol–water partition coefficient (Wildman–Crippen LogP) is 2.57. The molecule has 2 aromatic carbocycles. The molecular formula is C24H17F5N3O4-. The van der Waals surface area contributed by atoms with Crippen molar-refractivity contribution >= 4 is 23.4 Å². The van der Waals surface area contributed by atoms with Crippen LogP contribution in [0.5, 0.6) is 0 Å². The maximum Gasteiger partial charge on any atom is 0.455 e. The average Bonchev–Trinajstić information content (AvgIpc) is 3.19. The molecule has 0 spiro atoms. The molecule has 2 aliphatic heterocycles. The first-order valence-corrected chi connectivity index (χ1v) is 10.6. The third-order valence-electron chi connectivity index (χ3n) is 5.96. The van der Waals surface area contributed by atoms with Crippen LogP contribution in [-0.2, 0) is 11.2 Å². The summed E-state index contributed by atoms with van der Waals surface area (Å²) in [5.41, 5.74) is -0.508. The highest BCUT2D eigenvalue weighted by Crippen LogP contribution is 2.39. The van der Waals surface area contributed by atoms with Crippen molar-refractivity contribution in [3.8, 4) is 0 Å². The van der Waals surface area contributed by atoms with Crippen molar-refractivity contribution in [2.45, 2.75) is 24.6 Å². The number of amides is 2. The smallest absolute Gasteiger partial charge is 0.455 e. The van der Waals surface area contributed by atoms with Gasteiger partial charge >= 0.3 is 12.1 Å². The lowest BCUT2D eigenvalue weighted by molar-refractivity contribution is -0.316. The largest absolute Gasteiger partial charge is 0.873 e. The SMILES string of the molecule is N=C1C(C(=O)CN2C(=O)c3ccccc3C2=O)=C([O-])[C@@H](Cc2ccccc2)N1CC(F)(F)C(F)(F)F. The molecule has 4 rings (SSSR count). The molecule has 2 amide bonds. The predicted molar refractivity (Wildman–Crippen MR) is 113 cm³/mol. The number of benzene rings is 2. The van der Waals surface area contributed by atoms with Gasteiger partial charge < -0.3 is 10.0 Å². The molecule has 1 atom stereocenters. The van der Waals surface area contributed by atoms with Crippen LogP contribution in [0.3, 0.4) is 0 Å². The fourth-order valence-electron chi connectivity index (χ4n) is 4.13. The van der Waals surface area contributed by atoms with Crippen LogP contribution in [0.15, 0.2) is 65.9 Å². The van der Waals surface area contributed by atoms with E-state index in [1.807, 2.05) is 0 Å². The minimum Gasteiger partial charge on any atom is -0.873 e. The Labute approximate surface area is 200 Å². The normalized spacial score (nSPS) is 18.4. The van der Waals surface area contributed by atoms with Crippen molar-refractivity contribution in [3.63, 3.8) is 0 Å². The molecule has 0 unspecified atom stereocenters. The third kappa shape index (κ3) is 4.23. The summed E-state index contributed by atoms with van der Waals surface area (Å²) in [5.74, 6) is -10.4. The van der Waals surface area contributed by atoms with Crippen LogP contribution in [0.4, 0.5) is 22.0 Å². The molecule has 12 heteroatoms. The fourth-order valence-corrected chi connectivity index (χ4v) is 4.13. The molecule has 0 fully saturated rings. The number of nitrogens with one attached hydrogen (secondary N) is 1. The molecule has 0 saturated heterocycles. The Balaban J connectivity index is 1.65. The lowest BCUT2D eigenvalue weighted by Gasteiger charge is -2.34. The lowest BCUT2D eigenvalue weighted by Crippen LogP contribution is -2.51. The number of imide groups is 1. The van der Waals surface area contributed by atoms with E-state index in [-0.39, 0.29) is 22.4 Å². The van der Waals surface area contributed by atoms with Gasteiger partial charge in [-0.1, -0.05) is 48.2 Å². The summed E-state index contributed by atoms with van der Waals surface area (Å²) in [7, 11) is 0. The van der Waals surface area contributed by atoms with Crippen LogP contribution < -0.4 is 5.11 Å². The van der Waals surface area contributed by atoms with Crippen LogP contribution in [0.25, 0.3) is 0 Å². The number of ketones is 1. The van der Waals surface area contributed by atoms with E-state index in [0.717, 1.165) is 0 Å². The second kappa shape index (κ2) is 8.85. The molecule has 0 aliphatic carbocycles. The van der Waals surface area contributed by atoms with Crippen LogP contribution in [0, 0.1) is 5.41 Å². The number of hydrogen-bond donors (Lipinski definition) is 1. The van der Waals surface area contributed by atoms with Crippen molar-refractivity contribution in [1.29, 1.82) is 5.41 Å². The minimum absolute atomic E-state index is 0.0153. The van der Waals surface area contributed by atoms with E-state index >= 15 is 0 Å². The number of carbonyl (C=O) groups excluding carboxylic acids is 3. The van der Waals surface area contributed by atoms with Crippen LogP contribution in [0.2, 0.25) is 0 Å². The standard InChI is InChI=1S/C24H18F5N3O4/c25-23(26,24(27,28)29)12-32-16(10-13-6-2-1-3-7-13)19(34)18(20(32)30)17(33)11-31-21(35)14-8-4-5-9-15(14)22(31)36/h1-9,16,30,34H,10-12H2/p-1/t16-/m1/s1. The number of halogens is 5. The molecule has 0 bridgehead atoms. The molecule has 36 heavy (non-hydrogen) atoms. The molecule has 2 heterocycles. The van der Waals surface area contributed by atoms with E-state index in [2.05, 4.69) is 0 Å². The highest BCUT2D eigenvalue weighted by Gasteiger charge is 2.59. The Bertz CT molecular complexity index is 1260. The van der Waals surface area contributed by atoms with Gasteiger partial charge in [-0.3, -0.25) is 24.7 Å². The Hall–Kier alpha value is -4.09. The highest BCUT2D eigenvalue weighted by molar-refractivity contribution is 6.27. The third-order valence-corrected chi connectivity index (χ3v) is 5.96. The molecule has 2 aliphatic rings. The summed E-state index contributed by atoms with van der Waals surface area (Å²) in [5, 5.41) is 21.3. The Morgan fingerprint density at radius 2 is 1.44 bits per heavy atom. The number of fused-ring (bicyclic) bond motifs is 1.